The quantitative estimate of drug-likeness (QED) is 0.345. The van der Waals surface area contributed by atoms with Crippen LogP contribution in [0.2, 0.25) is 5.02 Å². The first-order chi connectivity index (χ1) is 16.0. The highest BCUT2D eigenvalue weighted by molar-refractivity contribution is 6.31. The van der Waals surface area contributed by atoms with Gasteiger partial charge < -0.3 is 10.6 Å². The minimum Gasteiger partial charge on any atom is -0.384 e. The number of amides is 3. The summed E-state index contributed by atoms with van der Waals surface area (Å²) >= 11 is 6.03. The fourth-order valence-electron chi connectivity index (χ4n) is 3.90. The maximum atomic E-state index is 12.3. The lowest BCUT2D eigenvalue weighted by Gasteiger charge is -2.13. The van der Waals surface area contributed by atoms with Crippen molar-refractivity contribution in [1.82, 2.24) is 15.2 Å². The molecule has 0 saturated heterocycles. The zero-order valence-corrected chi connectivity index (χ0v) is 18.9. The Kier molecular flexibility index (Phi) is 7.19. The van der Waals surface area contributed by atoms with Crippen molar-refractivity contribution in [2.45, 2.75) is 25.7 Å². The number of aromatic nitrogens is 1. The number of imide groups is 1. The molecule has 3 amide bonds. The number of hydrogen-bond donors (Lipinski definition) is 2. The van der Waals surface area contributed by atoms with Crippen molar-refractivity contribution in [2.24, 2.45) is 0 Å². The van der Waals surface area contributed by atoms with Gasteiger partial charge in [-0.25, -0.2) is 0 Å². The van der Waals surface area contributed by atoms with E-state index in [0.29, 0.717) is 29.1 Å². The molecular weight excluding hydrogens is 440 g/mol. The maximum absolute atomic E-state index is 12.3. The molecule has 0 unspecified atom stereocenters. The lowest BCUT2D eigenvalue weighted by Crippen LogP contribution is -2.32. The van der Waals surface area contributed by atoms with Gasteiger partial charge in [0.25, 0.3) is 11.8 Å². The molecule has 0 fully saturated rings. The van der Waals surface area contributed by atoms with Gasteiger partial charge in [-0.3, -0.25) is 24.3 Å². The summed E-state index contributed by atoms with van der Waals surface area (Å²) in [5.74, 6) is -0.640. The third-order valence-corrected chi connectivity index (χ3v) is 5.84. The first-order valence-corrected chi connectivity index (χ1v) is 11.4. The second-order valence-electron chi connectivity index (χ2n) is 7.91. The van der Waals surface area contributed by atoms with Crippen LogP contribution in [0.5, 0.6) is 0 Å². The molecule has 0 bridgehead atoms. The van der Waals surface area contributed by atoms with Crippen molar-refractivity contribution >= 4 is 45.9 Å². The summed E-state index contributed by atoms with van der Waals surface area (Å²) in [6.07, 6.45) is 4.21. The Morgan fingerprint density at radius 3 is 2.42 bits per heavy atom. The highest BCUT2D eigenvalue weighted by atomic mass is 35.5. The minimum absolute atomic E-state index is 0.0726. The fourth-order valence-corrected chi connectivity index (χ4v) is 4.07. The molecular formula is C25H25ClN4O3. The van der Waals surface area contributed by atoms with Crippen molar-refractivity contribution in [2.75, 3.05) is 25.0 Å². The monoisotopic (exact) mass is 464 g/mol. The highest BCUT2D eigenvalue weighted by Gasteiger charge is 2.34. The molecule has 33 heavy (non-hydrogen) atoms. The van der Waals surface area contributed by atoms with Crippen LogP contribution in [0.3, 0.4) is 0 Å². The number of rotatable bonds is 10. The number of pyridine rings is 1. The first kappa shape index (κ1) is 22.7. The number of unbranched alkanes of at least 4 members (excludes halogenated alkanes) is 1. The Morgan fingerprint density at radius 2 is 1.67 bits per heavy atom. The number of carbonyl (C=O) groups is 3. The summed E-state index contributed by atoms with van der Waals surface area (Å²) in [7, 11) is 0. The van der Waals surface area contributed by atoms with Gasteiger partial charge in [0.15, 0.2) is 0 Å². The Bertz CT molecular complexity index is 1160. The van der Waals surface area contributed by atoms with Gasteiger partial charge in [-0.2, -0.15) is 0 Å². The summed E-state index contributed by atoms with van der Waals surface area (Å²) in [5.41, 5.74) is 2.73. The molecule has 8 heteroatoms. The van der Waals surface area contributed by atoms with Gasteiger partial charge >= 0.3 is 0 Å². The van der Waals surface area contributed by atoms with E-state index in [9.17, 15) is 14.4 Å². The molecule has 1 aromatic heterocycles. The molecule has 2 N–H and O–H groups in total. The van der Waals surface area contributed by atoms with Gasteiger partial charge in [0.05, 0.1) is 16.6 Å². The van der Waals surface area contributed by atoms with Crippen LogP contribution in [0.1, 0.15) is 46.4 Å². The molecule has 0 spiro atoms. The van der Waals surface area contributed by atoms with Gasteiger partial charge in [0.1, 0.15) is 0 Å². The van der Waals surface area contributed by atoms with Gasteiger partial charge in [0.2, 0.25) is 5.91 Å². The summed E-state index contributed by atoms with van der Waals surface area (Å²) in [5, 5.41) is 7.99. The van der Waals surface area contributed by atoms with E-state index in [1.54, 1.807) is 30.5 Å². The van der Waals surface area contributed by atoms with Crippen molar-refractivity contribution in [3.8, 4) is 0 Å². The van der Waals surface area contributed by atoms with E-state index in [0.717, 1.165) is 36.0 Å². The van der Waals surface area contributed by atoms with Crippen LogP contribution in [0, 0.1) is 0 Å². The predicted octanol–water partition coefficient (Wildman–Crippen LogP) is 4.27. The van der Waals surface area contributed by atoms with Crippen LogP contribution in [0.25, 0.3) is 10.9 Å². The number of halogens is 1. The van der Waals surface area contributed by atoms with Gasteiger partial charge in [-0.05, 0) is 55.7 Å². The zero-order valence-electron chi connectivity index (χ0n) is 18.1. The molecule has 0 atom stereocenters. The standard InChI is InChI=1S/C25H25ClN4O3/c26-17-9-10-20-21(11-14-28-22(20)16-17)27-12-3-4-13-29-23(31)8-5-15-30-24(32)18-6-1-2-7-19(18)25(30)33/h1-2,6-7,9-11,14,16H,3-5,8,12-13,15H2,(H,27,28)(H,29,31). The SMILES string of the molecule is O=C(CCCN1C(=O)c2ccccc2C1=O)NCCCCNc1ccnc2cc(Cl)ccc12. The largest absolute Gasteiger partial charge is 0.384 e. The van der Waals surface area contributed by atoms with Gasteiger partial charge in [-0.15, -0.1) is 0 Å². The number of hydrogen-bond acceptors (Lipinski definition) is 5. The van der Waals surface area contributed by atoms with Gasteiger partial charge in [-0.1, -0.05) is 23.7 Å². The van der Waals surface area contributed by atoms with E-state index in [4.69, 9.17) is 11.6 Å². The lowest BCUT2D eigenvalue weighted by molar-refractivity contribution is -0.121. The number of carbonyl (C=O) groups excluding carboxylic acids is 3. The van der Waals surface area contributed by atoms with E-state index < -0.39 is 0 Å². The summed E-state index contributed by atoms with van der Waals surface area (Å²) < 4.78 is 0. The number of anilines is 1. The van der Waals surface area contributed by atoms with E-state index in [-0.39, 0.29) is 30.7 Å². The van der Waals surface area contributed by atoms with Crippen LogP contribution in [-0.4, -0.2) is 47.2 Å². The maximum Gasteiger partial charge on any atom is 0.261 e. The van der Waals surface area contributed by atoms with Crippen molar-refractivity contribution < 1.29 is 14.4 Å². The third kappa shape index (κ3) is 5.31. The summed E-state index contributed by atoms with van der Waals surface area (Å²) in [4.78, 5) is 42.3. The normalized spacial score (nSPS) is 12.8. The zero-order chi connectivity index (χ0) is 23.2. The van der Waals surface area contributed by atoms with Crippen molar-refractivity contribution in [3.63, 3.8) is 0 Å². The molecule has 2 heterocycles. The van der Waals surface area contributed by atoms with Crippen LogP contribution in [0.15, 0.2) is 54.7 Å². The third-order valence-electron chi connectivity index (χ3n) is 5.61. The average Bonchev–Trinajstić information content (AvgIpc) is 3.06. The molecule has 2 aromatic carbocycles. The number of nitrogens with one attached hydrogen (secondary N) is 2. The molecule has 1 aliphatic heterocycles. The van der Waals surface area contributed by atoms with E-state index in [1.807, 2.05) is 24.3 Å². The Morgan fingerprint density at radius 1 is 0.939 bits per heavy atom. The van der Waals surface area contributed by atoms with E-state index in [1.165, 1.54) is 4.90 Å². The topological polar surface area (TPSA) is 91.4 Å². The molecule has 0 saturated carbocycles. The summed E-state index contributed by atoms with van der Waals surface area (Å²) in [6.45, 7) is 1.60. The van der Waals surface area contributed by atoms with Crippen molar-refractivity contribution in [1.29, 1.82) is 0 Å². The van der Waals surface area contributed by atoms with Crippen molar-refractivity contribution in [3.05, 3.63) is 70.9 Å². The Labute approximate surface area is 197 Å². The Balaban J connectivity index is 1.12. The smallest absolute Gasteiger partial charge is 0.261 e. The molecule has 4 rings (SSSR count). The number of benzene rings is 2. The van der Waals surface area contributed by atoms with E-state index >= 15 is 0 Å². The molecule has 3 aromatic rings. The fraction of sp³-hybridized carbons (Fsp3) is 0.280. The molecule has 170 valence electrons. The van der Waals surface area contributed by atoms with Crippen LogP contribution in [-0.2, 0) is 4.79 Å². The number of nitrogens with zero attached hydrogens (tertiary/aromatic N) is 2. The van der Waals surface area contributed by atoms with Crippen LogP contribution in [0.4, 0.5) is 5.69 Å². The van der Waals surface area contributed by atoms with Crippen LogP contribution < -0.4 is 10.6 Å². The lowest BCUT2D eigenvalue weighted by atomic mass is 10.1. The predicted molar refractivity (Wildman–Crippen MR) is 129 cm³/mol. The first-order valence-electron chi connectivity index (χ1n) is 11.0. The Hall–Kier alpha value is -3.45. The summed E-state index contributed by atoms with van der Waals surface area (Å²) in [6, 6.07) is 14.4. The van der Waals surface area contributed by atoms with Gasteiger partial charge in [0, 0.05) is 48.3 Å². The molecule has 1 aliphatic rings. The molecule has 0 aliphatic carbocycles. The highest BCUT2D eigenvalue weighted by Crippen LogP contribution is 2.24. The molecule has 7 nitrogen and oxygen atoms in total. The second-order valence-corrected chi connectivity index (χ2v) is 8.35. The number of fused-ring (bicyclic) bond motifs is 2. The van der Waals surface area contributed by atoms with E-state index in [2.05, 4.69) is 15.6 Å². The average molecular weight is 465 g/mol. The second kappa shape index (κ2) is 10.4. The van der Waals surface area contributed by atoms with Crippen LogP contribution >= 0.6 is 11.6 Å². The minimum atomic E-state index is -0.284. The molecule has 0 radical (unpaired) electrons.